The van der Waals surface area contributed by atoms with Crippen LogP contribution in [0.1, 0.15) is 59.6 Å². The highest BCUT2D eigenvalue weighted by atomic mass is 16.5. The molecule has 0 aromatic carbocycles. The van der Waals surface area contributed by atoms with Gasteiger partial charge in [-0.2, -0.15) is 4.98 Å². The Balaban J connectivity index is 1.28. The van der Waals surface area contributed by atoms with Crippen LogP contribution in [0.15, 0.2) is 15.1 Å². The van der Waals surface area contributed by atoms with Gasteiger partial charge in [0, 0.05) is 31.5 Å². The second-order valence-corrected chi connectivity index (χ2v) is 6.59. The molecule has 1 amide bonds. The molecule has 0 spiro atoms. The van der Waals surface area contributed by atoms with Gasteiger partial charge in [0.25, 0.3) is 5.91 Å². The summed E-state index contributed by atoms with van der Waals surface area (Å²) in [6.07, 6.45) is 5.14. The van der Waals surface area contributed by atoms with E-state index < -0.39 is 0 Å². The average molecular weight is 316 g/mol. The zero-order valence-corrected chi connectivity index (χ0v) is 13.2. The maximum atomic E-state index is 12.3. The van der Waals surface area contributed by atoms with Crippen molar-refractivity contribution >= 4 is 5.91 Å². The number of carbonyl (C=O) groups excluding carboxylic acids is 1. The third-order valence-corrected chi connectivity index (χ3v) is 4.61. The minimum absolute atomic E-state index is 0.0417. The molecule has 7 heteroatoms. The fourth-order valence-electron chi connectivity index (χ4n) is 3.08. The smallest absolute Gasteiger partial charge is 0.276 e. The highest BCUT2D eigenvalue weighted by molar-refractivity contribution is 5.92. The van der Waals surface area contributed by atoms with Crippen molar-refractivity contribution in [2.45, 2.75) is 44.9 Å². The van der Waals surface area contributed by atoms with Crippen molar-refractivity contribution < 1.29 is 13.8 Å². The van der Waals surface area contributed by atoms with Crippen LogP contribution in [0.25, 0.3) is 0 Å². The SMILES string of the molecule is Cc1cc(C(=O)N2CCC(CCc3noc(C4CC4)n3)C2)no1. The second kappa shape index (κ2) is 5.79. The second-order valence-electron chi connectivity index (χ2n) is 6.59. The molecule has 2 aromatic rings. The summed E-state index contributed by atoms with van der Waals surface area (Å²) in [5, 5.41) is 7.86. The van der Waals surface area contributed by atoms with Gasteiger partial charge in [-0.25, -0.2) is 0 Å². The number of amides is 1. The van der Waals surface area contributed by atoms with Gasteiger partial charge in [-0.3, -0.25) is 4.79 Å². The minimum atomic E-state index is -0.0417. The van der Waals surface area contributed by atoms with Crippen LogP contribution in [0.4, 0.5) is 0 Å². The Kier molecular flexibility index (Phi) is 3.63. The molecule has 2 aliphatic rings. The Bertz CT molecular complexity index is 704. The van der Waals surface area contributed by atoms with E-state index in [9.17, 15) is 4.79 Å². The molecule has 23 heavy (non-hydrogen) atoms. The highest BCUT2D eigenvalue weighted by Crippen LogP contribution is 2.38. The lowest BCUT2D eigenvalue weighted by atomic mass is 10.0. The first kappa shape index (κ1) is 14.4. The standard InChI is InChI=1S/C16H20N4O3/c1-10-8-13(18-22-10)16(21)20-7-6-11(9-20)2-5-14-17-15(23-19-14)12-3-4-12/h8,11-12H,2-7,9H2,1H3. The van der Waals surface area contributed by atoms with E-state index >= 15 is 0 Å². The molecule has 1 aliphatic carbocycles. The number of rotatable bonds is 5. The number of hydrogen-bond acceptors (Lipinski definition) is 6. The Morgan fingerprint density at radius 1 is 1.30 bits per heavy atom. The minimum Gasteiger partial charge on any atom is -0.361 e. The molecule has 122 valence electrons. The number of nitrogens with zero attached hydrogens (tertiary/aromatic N) is 4. The van der Waals surface area contributed by atoms with Crippen molar-refractivity contribution in [2.75, 3.05) is 13.1 Å². The summed E-state index contributed by atoms with van der Waals surface area (Å²) in [4.78, 5) is 18.6. The summed E-state index contributed by atoms with van der Waals surface area (Å²) in [6, 6.07) is 1.69. The van der Waals surface area contributed by atoms with Gasteiger partial charge < -0.3 is 13.9 Å². The normalized spacial score (nSPS) is 21.1. The largest absolute Gasteiger partial charge is 0.361 e. The van der Waals surface area contributed by atoms with E-state index in [1.807, 2.05) is 4.90 Å². The lowest BCUT2D eigenvalue weighted by Crippen LogP contribution is -2.29. The molecule has 4 rings (SSSR count). The number of hydrogen-bond donors (Lipinski definition) is 0. The fraction of sp³-hybridized carbons (Fsp3) is 0.625. The van der Waals surface area contributed by atoms with E-state index in [-0.39, 0.29) is 5.91 Å². The van der Waals surface area contributed by atoms with Gasteiger partial charge in [0.1, 0.15) is 5.76 Å². The van der Waals surface area contributed by atoms with Gasteiger partial charge in [-0.05, 0) is 38.5 Å². The van der Waals surface area contributed by atoms with Crippen molar-refractivity contribution in [3.63, 3.8) is 0 Å². The van der Waals surface area contributed by atoms with Crippen molar-refractivity contribution in [1.29, 1.82) is 0 Å². The molecule has 2 aromatic heterocycles. The molecule has 1 saturated heterocycles. The molecule has 0 N–H and O–H groups in total. The van der Waals surface area contributed by atoms with Crippen LogP contribution in [0.3, 0.4) is 0 Å². The highest BCUT2D eigenvalue weighted by Gasteiger charge is 2.31. The molecular formula is C16H20N4O3. The van der Waals surface area contributed by atoms with Crippen LogP contribution in [0.2, 0.25) is 0 Å². The van der Waals surface area contributed by atoms with Gasteiger partial charge >= 0.3 is 0 Å². The summed E-state index contributed by atoms with van der Waals surface area (Å²) in [6.45, 7) is 3.32. The Labute approximate surface area is 134 Å². The lowest BCUT2D eigenvalue weighted by Gasteiger charge is -2.14. The van der Waals surface area contributed by atoms with Crippen molar-refractivity contribution in [1.82, 2.24) is 20.2 Å². The van der Waals surface area contributed by atoms with Crippen molar-refractivity contribution in [3.8, 4) is 0 Å². The molecule has 2 fully saturated rings. The van der Waals surface area contributed by atoms with Crippen molar-refractivity contribution in [3.05, 3.63) is 29.2 Å². The molecule has 3 heterocycles. The molecule has 1 aliphatic heterocycles. The summed E-state index contributed by atoms with van der Waals surface area (Å²) < 4.78 is 10.3. The third kappa shape index (κ3) is 3.13. The molecule has 0 bridgehead atoms. The first-order valence-electron chi connectivity index (χ1n) is 8.24. The fourth-order valence-corrected chi connectivity index (χ4v) is 3.08. The molecule has 7 nitrogen and oxygen atoms in total. The van der Waals surface area contributed by atoms with Gasteiger partial charge in [-0.1, -0.05) is 10.3 Å². The zero-order valence-electron chi connectivity index (χ0n) is 13.2. The lowest BCUT2D eigenvalue weighted by molar-refractivity contribution is 0.0776. The van der Waals surface area contributed by atoms with E-state index in [1.165, 1.54) is 12.8 Å². The van der Waals surface area contributed by atoms with E-state index in [1.54, 1.807) is 13.0 Å². The summed E-state index contributed by atoms with van der Waals surface area (Å²) in [7, 11) is 0. The van der Waals surface area contributed by atoms with Crippen LogP contribution in [-0.2, 0) is 6.42 Å². The number of aromatic nitrogens is 3. The molecule has 1 atom stereocenters. The first-order chi connectivity index (χ1) is 11.2. The van der Waals surface area contributed by atoms with Gasteiger partial charge in [0.2, 0.25) is 5.89 Å². The van der Waals surface area contributed by atoms with Crippen LogP contribution in [0, 0.1) is 12.8 Å². The number of aryl methyl sites for hydroxylation is 2. The number of carbonyl (C=O) groups is 1. The van der Waals surface area contributed by atoms with Crippen LogP contribution >= 0.6 is 0 Å². The third-order valence-electron chi connectivity index (χ3n) is 4.61. The zero-order chi connectivity index (χ0) is 15.8. The maximum Gasteiger partial charge on any atom is 0.276 e. The van der Waals surface area contributed by atoms with Crippen LogP contribution in [-0.4, -0.2) is 39.2 Å². The number of likely N-dealkylation sites (tertiary alicyclic amines) is 1. The predicted octanol–water partition coefficient (Wildman–Crippen LogP) is 2.34. The topological polar surface area (TPSA) is 85.3 Å². The quantitative estimate of drug-likeness (QED) is 0.841. The van der Waals surface area contributed by atoms with E-state index in [0.29, 0.717) is 23.3 Å². The Morgan fingerprint density at radius 2 is 2.17 bits per heavy atom. The molecule has 1 saturated carbocycles. The molecule has 1 unspecified atom stereocenters. The van der Waals surface area contributed by atoms with E-state index in [2.05, 4.69) is 15.3 Å². The summed E-state index contributed by atoms with van der Waals surface area (Å²) in [5.41, 5.74) is 0.399. The predicted molar refractivity (Wildman–Crippen MR) is 79.8 cm³/mol. The van der Waals surface area contributed by atoms with Gasteiger partial charge in [0.15, 0.2) is 11.5 Å². The maximum absolute atomic E-state index is 12.3. The van der Waals surface area contributed by atoms with Crippen molar-refractivity contribution in [2.24, 2.45) is 5.92 Å². The monoisotopic (exact) mass is 316 g/mol. The van der Waals surface area contributed by atoms with Crippen LogP contribution < -0.4 is 0 Å². The summed E-state index contributed by atoms with van der Waals surface area (Å²) >= 11 is 0. The van der Waals surface area contributed by atoms with Crippen LogP contribution in [0.5, 0.6) is 0 Å². The Hall–Kier alpha value is -2.18. The Morgan fingerprint density at radius 3 is 2.91 bits per heavy atom. The van der Waals surface area contributed by atoms with Gasteiger partial charge in [-0.15, -0.1) is 0 Å². The van der Waals surface area contributed by atoms with Gasteiger partial charge in [0.05, 0.1) is 0 Å². The first-order valence-corrected chi connectivity index (χ1v) is 8.24. The van der Waals surface area contributed by atoms with E-state index in [4.69, 9.17) is 9.05 Å². The molecular weight excluding hydrogens is 296 g/mol. The average Bonchev–Trinajstić information content (AvgIpc) is 2.97. The van der Waals surface area contributed by atoms with E-state index in [0.717, 1.165) is 44.1 Å². The molecule has 0 radical (unpaired) electrons. The summed E-state index contributed by atoms with van der Waals surface area (Å²) in [5.74, 6) is 3.19.